The summed E-state index contributed by atoms with van der Waals surface area (Å²) in [5, 5.41) is 8.57. The van der Waals surface area contributed by atoms with Crippen molar-refractivity contribution in [2.24, 2.45) is 0 Å². The Hall–Kier alpha value is -2.97. The van der Waals surface area contributed by atoms with Crippen LogP contribution in [0, 0.1) is 0 Å². The quantitative estimate of drug-likeness (QED) is 0.524. The number of amides is 3. The first-order chi connectivity index (χ1) is 15.0. The van der Waals surface area contributed by atoms with Crippen LogP contribution in [0.3, 0.4) is 0 Å². The van der Waals surface area contributed by atoms with Crippen LogP contribution in [0.5, 0.6) is 5.75 Å². The molecule has 8 nitrogen and oxygen atoms in total. The Morgan fingerprint density at radius 1 is 0.969 bits per heavy atom. The first-order valence-electron chi connectivity index (χ1n) is 9.72. The van der Waals surface area contributed by atoms with E-state index < -0.39 is 17.6 Å². The number of nitrogens with one attached hydrogen (secondary N) is 3. The molecule has 2 aromatic rings. The van der Waals surface area contributed by atoms with Gasteiger partial charge in [-0.25, -0.2) is 4.79 Å². The number of hydrogen-bond donors (Lipinski definition) is 3. The maximum absolute atomic E-state index is 12.1. The molecule has 2 aromatic carbocycles. The third-order valence-corrected chi connectivity index (χ3v) is 4.28. The zero-order valence-electron chi connectivity index (χ0n) is 18.0. The third kappa shape index (κ3) is 9.45. The number of rotatable bonds is 8. The molecule has 172 valence electrons. The zero-order chi connectivity index (χ0) is 23.7. The Kier molecular flexibility index (Phi) is 9.16. The molecule has 0 heterocycles. The van der Waals surface area contributed by atoms with Gasteiger partial charge in [0.1, 0.15) is 17.9 Å². The molecule has 0 bridgehead atoms. The molecule has 0 saturated carbocycles. The van der Waals surface area contributed by atoms with Crippen molar-refractivity contribution >= 4 is 46.8 Å². The van der Waals surface area contributed by atoms with E-state index in [1.54, 1.807) is 57.2 Å². The van der Waals surface area contributed by atoms with Gasteiger partial charge in [-0.1, -0.05) is 35.3 Å². The number of anilines is 1. The fraction of sp³-hybridized carbons (Fsp3) is 0.318. The molecular weight excluding hydrogens is 457 g/mol. The van der Waals surface area contributed by atoms with E-state index in [-0.39, 0.29) is 25.6 Å². The van der Waals surface area contributed by atoms with Crippen molar-refractivity contribution in [3.63, 3.8) is 0 Å². The van der Waals surface area contributed by atoms with Gasteiger partial charge in [0.15, 0.2) is 6.61 Å². The normalized spacial score (nSPS) is 10.8. The minimum Gasteiger partial charge on any atom is -0.482 e. The molecular formula is C22H25Cl2N3O5. The predicted octanol–water partition coefficient (Wildman–Crippen LogP) is 4.15. The molecule has 2 rings (SSSR count). The van der Waals surface area contributed by atoms with Crippen molar-refractivity contribution in [1.82, 2.24) is 10.6 Å². The van der Waals surface area contributed by atoms with Gasteiger partial charge in [-0.2, -0.15) is 0 Å². The average Bonchev–Trinajstić information content (AvgIpc) is 2.69. The number of alkyl carbamates (subject to hydrolysis) is 1. The van der Waals surface area contributed by atoms with Crippen molar-refractivity contribution in [3.05, 3.63) is 58.1 Å². The number of carbonyl (C=O) groups excluding carboxylic acids is 3. The predicted molar refractivity (Wildman–Crippen MR) is 123 cm³/mol. The lowest BCUT2D eigenvalue weighted by molar-refractivity contribution is -0.123. The second kappa shape index (κ2) is 11.6. The molecule has 0 aliphatic rings. The fourth-order valence-electron chi connectivity index (χ4n) is 2.42. The fourth-order valence-corrected chi connectivity index (χ4v) is 2.88. The van der Waals surface area contributed by atoms with Gasteiger partial charge >= 0.3 is 6.09 Å². The summed E-state index contributed by atoms with van der Waals surface area (Å²) < 4.78 is 10.5. The summed E-state index contributed by atoms with van der Waals surface area (Å²) in [6, 6.07) is 11.7. The standard InChI is InChI=1S/C22H25Cl2N3O5/c1-22(2,3)32-21(30)26-12-19(28)27-16-6-4-5-14(9-16)11-25-20(29)13-31-18-8-7-15(23)10-17(18)24/h4-10H,11-13H2,1-3H3,(H,25,29)(H,26,30)(H,27,28). The first kappa shape index (κ1) is 25.3. The van der Waals surface area contributed by atoms with Crippen LogP contribution in [0.15, 0.2) is 42.5 Å². The largest absolute Gasteiger partial charge is 0.482 e. The summed E-state index contributed by atoms with van der Waals surface area (Å²) in [7, 11) is 0. The van der Waals surface area contributed by atoms with E-state index in [1.165, 1.54) is 6.07 Å². The number of benzene rings is 2. The number of ether oxygens (including phenoxy) is 2. The van der Waals surface area contributed by atoms with Crippen molar-refractivity contribution in [2.45, 2.75) is 32.9 Å². The molecule has 0 spiro atoms. The van der Waals surface area contributed by atoms with E-state index in [2.05, 4.69) is 16.0 Å². The highest BCUT2D eigenvalue weighted by molar-refractivity contribution is 6.35. The molecule has 0 fully saturated rings. The smallest absolute Gasteiger partial charge is 0.408 e. The van der Waals surface area contributed by atoms with E-state index >= 15 is 0 Å². The van der Waals surface area contributed by atoms with Gasteiger partial charge < -0.3 is 25.4 Å². The van der Waals surface area contributed by atoms with Crippen LogP contribution in [0.25, 0.3) is 0 Å². The lowest BCUT2D eigenvalue weighted by Gasteiger charge is -2.19. The van der Waals surface area contributed by atoms with E-state index in [0.29, 0.717) is 21.5 Å². The van der Waals surface area contributed by atoms with Crippen molar-refractivity contribution in [3.8, 4) is 5.75 Å². The van der Waals surface area contributed by atoms with E-state index in [0.717, 1.165) is 5.56 Å². The average molecular weight is 482 g/mol. The summed E-state index contributed by atoms with van der Waals surface area (Å²) in [6.45, 7) is 4.98. The van der Waals surface area contributed by atoms with E-state index in [4.69, 9.17) is 32.7 Å². The molecule has 3 amide bonds. The highest BCUT2D eigenvalue weighted by Crippen LogP contribution is 2.27. The molecule has 3 N–H and O–H groups in total. The Morgan fingerprint density at radius 2 is 1.72 bits per heavy atom. The maximum Gasteiger partial charge on any atom is 0.408 e. The first-order valence-corrected chi connectivity index (χ1v) is 10.5. The maximum atomic E-state index is 12.1. The van der Waals surface area contributed by atoms with Gasteiger partial charge in [-0.15, -0.1) is 0 Å². The Bertz CT molecular complexity index is 976. The van der Waals surface area contributed by atoms with Crippen molar-refractivity contribution < 1.29 is 23.9 Å². The molecule has 0 aliphatic heterocycles. The van der Waals surface area contributed by atoms with Crippen molar-refractivity contribution in [2.75, 3.05) is 18.5 Å². The van der Waals surface area contributed by atoms with Crippen LogP contribution in [0.4, 0.5) is 10.5 Å². The highest BCUT2D eigenvalue weighted by atomic mass is 35.5. The lowest BCUT2D eigenvalue weighted by atomic mass is 10.2. The topological polar surface area (TPSA) is 106 Å². The molecule has 32 heavy (non-hydrogen) atoms. The summed E-state index contributed by atoms with van der Waals surface area (Å²) >= 11 is 11.8. The van der Waals surface area contributed by atoms with Gasteiger partial charge in [-0.05, 0) is 56.7 Å². The minimum absolute atomic E-state index is 0.214. The molecule has 0 atom stereocenters. The number of carbonyl (C=O) groups is 3. The zero-order valence-corrected chi connectivity index (χ0v) is 19.5. The lowest BCUT2D eigenvalue weighted by Crippen LogP contribution is -2.37. The van der Waals surface area contributed by atoms with Crippen molar-refractivity contribution in [1.29, 1.82) is 0 Å². The van der Waals surface area contributed by atoms with Gasteiger partial charge in [0.2, 0.25) is 5.91 Å². The Labute approximate surface area is 196 Å². The molecule has 0 aromatic heterocycles. The summed E-state index contributed by atoms with van der Waals surface area (Å²) in [4.78, 5) is 35.7. The molecule has 0 aliphatic carbocycles. The van der Waals surface area contributed by atoms with E-state index in [9.17, 15) is 14.4 Å². The van der Waals surface area contributed by atoms with Crippen LogP contribution in [0.2, 0.25) is 10.0 Å². The van der Waals surface area contributed by atoms with Crippen LogP contribution in [-0.4, -0.2) is 36.7 Å². The highest BCUT2D eigenvalue weighted by Gasteiger charge is 2.16. The van der Waals surface area contributed by atoms with Crippen LogP contribution in [0.1, 0.15) is 26.3 Å². The van der Waals surface area contributed by atoms with Gasteiger partial charge in [0, 0.05) is 17.3 Å². The third-order valence-electron chi connectivity index (χ3n) is 3.75. The summed E-state index contributed by atoms with van der Waals surface area (Å²) in [5.74, 6) is -0.395. The van der Waals surface area contributed by atoms with Gasteiger partial charge in [0.25, 0.3) is 5.91 Å². The monoisotopic (exact) mass is 481 g/mol. The molecule has 0 saturated heterocycles. The Morgan fingerprint density at radius 3 is 2.41 bits per heavy atom. The van der Waals surface area contributed by atoms with Crippen LogP contribution >= 0.6 is 23.2 Å². The van der Waals surface area contributed by atoms with Gasteiger partial charge in [0.05, 0.1) is 5.02 Å². The van der Waals surface area contributed by atoms with E-state index in [1.807, 2.05) is 0 Å². The van der Waals surface area contributed by atoms with Crippen LogP contribution in [-0.2, 0) is 20.9 Å². The van der Waals surface area contributed by atoms with Crippen LogP contribution < -0.4 is 20.7 Å². The summed E-state index contributed by atoms with van der Waals surface area (Å²) in [5.41, 5.74) is 0.642. The van der Waals surface area contributed by atoms with Gasteiger partial charge in [-0.3, -0.25) is 9.59 Å². The molecule has 0 radical (unpaired) electrons. The minimum atomic E-state index is -0.675. The second-order valence-corrected chi connectivity index (χ2v) is 8.59. The molecule has 0 unspecified atom stereocenters. The Balaban J connectivity index is 1.77. The second-order valence-electron chi connectivity index (χ2n) is 7.74. The SMILES string of the molecule is CC(C)(C)OC(=O)NCC(=O)Nc1cccc(CNC(=O)COc2ccc(Cl)cc2Cl)c1. The molecule has 10 heteroatoms. The number of hydrogen-bond acceptors (Lipinski definition) is 5. The summed E-state index contributed by atoms with van der Waals surface area (Å²) in [6.07, 6.45) is -0.675. The number of halogens is 2.